The molecule has 5 rings (SSSR count). The van der Waals surface area contributed by atoms with Crippen LogP contribution in [0.2, 0.25) is 0 Å². The van der Waals surface area contributed by atoms with Gasteiger partial charge in [0.2, 0.25) is 5.91 Å². The summed E-state index contributed by atoms with van der Waals surface area (Å²) in [6.45, 7) is 0.900. The van der Waals surface area contributed by atoms with E-state index in [4.69, 9.17) is 14.2 Å². The number of hydrogen-bond donors (Lipinski definition) is 1. The quantitative estimate of drug-likeness (QED) is 0.342. The molecule has 1 fully saturated rings. The highest BCUT2D eigenvalue weighted by Gasteiger charge is 2.35. The van der Waals surface area contributed by atoms with Crippen molar-refractivity contribution in [1.29, 1.82) is 0 Å². The van der Waals surface area contributed by atoms with Crippen molar-refractivity contribution in [1.82, 2.24) is 14.8 Å². The number of piperazine rings is 1. The molecular weight excluding hydrogens is 494 g/mol. The third-order valence-electron chi connectivity index (χ3n) is 7.29. The minimum atomic E-state index is -0.227. The van der Waals surface area contributed by atoms with E-state index in [1.54, 1.807) is 38.4 Å². The van der Waals surface area contributed by atoms with E-state index < -0.39 is 0 Å². The number of aryl methyl sites for hydroxylation is 1. The number of rotatable bonds is 9. The van der Waals surface area contributed by atoms with E-state index in [0.717, 1.165) is 29.5 Å². The average molecular weight is 528 g/mol. The first-order valence-electron chi connectivity index (χ1n) is 13.0. The van der Waals surface area contributed by atoms with Crippen LogP contribution in [0.4, 0.5) is 0 Å². The van der Waals surface area contributed by atoms with E-state index in [1.807, 2.05) is 53.4 Å². The number of aromatic nitrogens is 1. The van der Waals surface area contributed by atoms with Crippen molar-refractivity contribution < 1.29 is 23.8 Å². The van der Waals surface area contributed by atoms with Crippen LogP contribution in [0, 0.1) is 0 Å². The van der Waals surface area contributed by atoms with E-state index in [-0.39, 0.29) is 24.4 Å². The molecule has 0 unspecified atom stereocenters. The molecule has 202 valence electrons. The number of methoxy groups -OCH3 is 3. The lowest BCUT2D eigenvalue weighted by Gasteiger charge is -2.41. The van der Waals surface area contributed by atoms with Crippen molar-refractivity contribution in [3.05, 3.63) is 89.6 Å². The predicted octanol–water partition coefficient (Wildman–Crippen LogP) is 4.68. The zero-order valence-corrected chi connectivity index (χ0v) is 22.5. The molecule has 1 N–H and O–H groups in total. The molecule has 4 aromatic rings. The minimum absolute atomic E-state index is 0.00821. The lowest BCUT2D eigenvalue weighted by Crippen LogP contribution is -2.57. The second kappa shape index (κ2) is 11.5. The molecule has 1 atom stereocenters. The number of amides is 2. The first-order valence-corrected chi connectivity index (χ1v) is 13.0. The van der Waals surface area contributed by atoms with Crippen LogP contribution in [0.15, 0.2) is 72.8 Å². The number of carbonyl (C=O) groups excluding carboxylic acids is 2. The van der Waals surface area contributed by atoms with Crippen LogP contribution in [-0.4, -0.2) is 67.1 Å². The molecule has 0 saturated carbocycles. The van der Waals surface area contributed by atoms with E-state index in [1.165, 1.54) is 5.56 Å². The second-order valence-corrected chi connectivity index (χ2v) is 9.68. The maximum Gasteiger partial charge on any atom is 0.270 e. The molecule has 0 radical (unpaired) electrons. The number of aromatic amines is 1. The van der Waals surface area contributed by atoms with Crippen LogP contribution in [0.1, 0.15) is 28.0 Å². The Labute approximate surface area is 228 Å². The zero-order chi connectivity index (χ0) is 27.4. The second-order valence-electron chi connectivity index (χ2n) is 9.68. The van der Waals surface area contributed by atoms with Crippen molar-refractivity contribution >= 4 is 22.7 Å². The third-order valence-corrected chi connectivity index (χ3v) is 7.29. The van der Waals surface area contributed by atoms with Gasteiger partial charge in [0.1, 0.15) is 29.5 Å². The lowest BCUT2D eigenvalue weighted by molar-refractivity contribution is -0.139. The van der Waals surface area contributed by atoms with Crippen LogP contribution in [-0.2, 0) is 17.8 Å². The molecule has 2 amide bonds. The Morgan fingerprint density at radius 1 is 0.897 bits per heavy atom. The van der Waals surface area contributed by atoms with Crippen LogP contribution < -0.4 is 14.2 Å². The average Bonchev–Trinajstić information content (AvgIpc) is 3.43. The number of nitrogens with zero attached hydrogens (tertiary/aromatic N) is 2. The Kier molecular flexibility index (Phi) is 7.72. The Hall–Kier alpha value is -4.46. The van der Waals surface area contributed by atoms with E-state index in [2.05, 4.69) is 17.1 Å². The fourth-order valence-corrected chi connectivity index (χ4v) is 5.24. The number of fused-ring (bicyclic) bond motifs is 1. The largest absolute Gasteiger partial charge is 0.497 e. The maximum atomic E-state index is 13.7. The summed E-state index contributed by atoms with van der Waals surface area (Å²) in [4.78, 5) is 34.0. The summed E-state index contributed by atoms with van der Waals surface area (Å²) in [5, 5.41) is 0.754. The summed E-state index contributed by atoms with van der Waals surface area (Å²) in [6, 6.07) is 23.2. The third kappa shape index (κ3) is 5.55. The number of H-pyrrole nitrogens is 1. The summed E-state index contributed by atoms with van der Waals surface area (Å²) >= 11 is 0. The molecule has 1 saturated heterocycles. The first-order chi connectivity index (χ1) is 19.0. The standard InChI is InChI=1S/C31H33N3O5/c1-37-24-11-7-10-22(16-24)18-34-23(13-12-21-8-5-4-6-9-21)19-33(20-29(34)35)31(36)26-17-25-27(38-2)14-15-28(39-3)30(25)32-26/h4-11,14-17,23,32H,12-13,18-20H2,1-3H3/t23-/m0/s1. The molecule has 1 aliphatic heterocycles. The summed E-state index contributed by atoms with van der Waals surface area (Å²) in [5.41, 5.74) is 3.26. The molecule has 0 bridgehead atoms. The molecular formula is C31H33N3O5. The van der Waals surface area contributed by atoms with Gasteiger partial charge in [0.25, 0.3) is 5.91 Å². The van der Waals surface area contributed by atoms with Crippen LogP contribution in [0.3, 0.4) is 0 Å². The number of nitrogens with one attached hydrogen (secondary N) is 1. The Morgan fingerprint density at radius 3 is 2.38 bits per heavy atom. The monoisotopic (exact) mass is 527 g/mol. The van der Waals surface area contributed by atoms with Crippen molar-refractivity contribution in [2.75, 3.05) is 34.4 Å². The minimum Gasteiger partial charge on any atom is -0.497 e. The van der Waals surface area contributed by atoms with Gasteiger partial charge in [0, 0.05) is 18.5 Å². The number of carbonyl (C=O) groups is 2. The number of hydrogen-bond acceptors (Lipinski definition) is 5. The molecule has 8 heteroatoms. The topological polar surface area (TPSA) is 84.1 Å². The fourth-order valence-electron chi connectivity index (χ4n) is 5.24. The predicted molar refractivity (Wildman–Crippen MR) is 149 cm³/mol. The van der Waals surface area contributed by atoms with Gasteiger partial charge in [-0.15, -0.1) is 0 Å². The van der Waals surface area contributed by atoms with Gasteiger partial charge >= 0.3 is 0 Å². The SMILES string of the molecule is COc1cccc(CN2C(=O)CN(C(=O)c3cc4c(OC)ccc(OC)c4[nH]3)C[C@@H]2CCc2ccccc2)c1. The lowest BCUT2D eigenvalue weighted by atomic mass is 10.0. The summed E-state index contributed by atoms with van der Waals surface area (Å²) in [6.07, 6.45) is 1.54. The zero-order valence-electron chi connectivity index (χ0n) is 22.5. The molecule has 2 heterocycles. The van der Waals surface area contributed by atoms with Crippen LogP contribution in [0.5, 0.6) is 17.2 Å². The Balaban J connectivity index is 1.41. The normalized spacial score (nSPS) is 15.5. The molecule has 39 heavy (non-hydrogen) atoms. The van der Waals surface area contributed by atoms with Crippen LogP contribution in [0.25, 0.3) is 10.9 Å². The molecule has 8 nitrogen and oxygen atoms in total. The smallest absolute Gasteiger partial charge is 0.270 e. The molecule has 0 spiro atoms. The molecule has 1 aliphatic rings. The molecule has 1 aromatic heterocycles. The Bertz CT molecular complexity index is 1420. The van der Waals surface area contributed by atoms with Crippen molar-refractivity contribution in [3.63, 3.8) is 0 Å². The van der Waals surface area contributed by atoms with Gasteiger partial charge in [-0.05, 0) is 54.3 Å². The summed E-state index contributed by atoms with van der Waals surface area (Å²) < 4.78 is 16.4. The highest BCUT2D eigenvalue weighted by molar-refractivity contribution is 6.02. The number of benzene rings is 3. The van der Waals surface area contributed by atoms with Gasteiger partial charge in [0.15, 0.2) is 0 Å². The van der Waals surface area contributed by atoms with Gasteiger partial charge in [-0.1, -0.05) is 42.5 Å². The maximum absolute atomic E-state index is 13.7. The fraction of sp³-hybridized carbons (Fsp3) is 0.290. The highest BCUT2D eigenvalue weighted by atomic mass is 16.5. The summed E-state index contributed by atoms with van der Waals surface area (Å²) in [7, 11) is 4.81. The van der Waals surface area contributed by atoms with Gasteiger partial charge in [0.05, 0.1) is 32.9 Å². The van der Waals surface area contributed by atoms with Crippen molar-refractivity contribution in [3.8, 4) is 17.2 Å². The number of ether oxygens (including phenoxy) is 3. The van der Waals surface area contributed by atoms with E-state index >= 15 is 0 Å². The van der Waals surface area contributed by atoms with Gasteiger partial charge in [-0.3, -0.25) is 9.59 Å². The van der Waals surface area contributed by atoms with Crippen molar-refractivity contribution in [2.45, 2.75) is 25.4 Å². The highest BCUT2D eigenvalue weighted by Crippen LogP contribution is 2.34. The summed E-state index contributed by atoms with van der Waals surface area (Å²) in [5.74, 6) is 1.70. The molecule has 3 aromatic carbocycles. The van der Waals surface area contributed by atoms with Gasteiger partial charge < -0.3 is 29.0 Å². The van der Waals surface area contributed by atoms with Crippen molar-refractivity contribution in [2.24, 2.45) is 0 Å². The van der Waals surface area contributed by atoms with E-state index in [0.29, 0.717) is 35.8 Å². The Morgan fingerprint density at radius 2 is 1.64 bits per heavy atom. The van der Waals surface area contributed by atoms with E-state index in [9.17, 15) is 9.59 Å². The van der Waals surface area contributed by atoms with Gasteiger partial charge in [-0.25, -0.2) is 0 Å². The first kappa shape index (κ1) is 26.2. The molecule has 0 aliphatic carbocycles. The van der Waals surface area contributed by atoms with Gasteiger partial charge in [-0.2, -0.15) is 0 Å². The van der Waals surface area contributed by atoms with Crippen LogP contribution >= 0.6 is 0 Å².